The van der Waals surface area contributed by atoms with Crippen molar-refractivity contribution in [3.63, 3.8) is 0 Å². The Kier molecular flexibility index (Phi) is 4.24. The van der Waals surface area contributed by atoms with Gasteiger partial charge in [0.1, 0.15) is 5.82 Å². The number of hydrogen-bond donors (Lipinski definition) is 2. The van der Waals surface area contributed by atoms with Gasteiger partial charge >= 0.3 is 0 Å². The Morgan fingerprint density at radius 1 is 1.30 bits per heavy atom. The highest BCUT2D eigenvalue weighted by Crippen LogP contribution is 2.59. The minimum Gasteiger partial charge on any atom is -0.369 e. The van der Waals surface area contributed by atoms with Gasteiger partial charge in [0.05, 0.1) is 0 Å². The molecule has 1 aromatic rings. The first kappa shape index (κ1) is 18.3. The molecule has 2 unspecified atom stereocenters. The van der Waals surface area contributed by atoms with Crippen LogP contribution in [-0.2, 0) is 11.8 Å². The Balaban J connectivity index is 1.50. The molecule has 148 valence electrons. The van der Waals surface area contributed by atoms with Crippen molar-refractivity contribution in [2.45, 2.75) is 58.0 Å². The highest BCUT2D eigenvalue weighted by Gasteiger charge is 2.58. The van der Waals surface area contributed by atoms with Gasteiger partial charge in [-0.1, -0.05) is 0 Å². The number of nitrogens with two attached hydrogens (primary N) is 1. The van der Waals surface area contributed by atoms with E-state index < -0.39 is 0 Å². The molecule has 7 heteroatoms. The molecule has 3 N–H and O–H groups in total. The third kappa shape index (κ3) is 2.91. The molecule has 5 rings (SSSR count). The summed E-state index contributed by atoms with van der Waals surface area (Å²) < 4.78 is 1.76. The van der Waals surface area contributed by atoms with Gasteiger partial charge in [-0.25, -0.2) is 0 Å². The first-order valence-electron chi connectivity index (χ1n) is 10.1. The second-order valence-corrected chi connectivity index (χ2v) is 9.33. The maximum Gasteiger partial charge on any atom is 0.272 e. The molecule has 0 spiro atoms. The standard InChI is InChI=1S/C20H31N5O2/c1-11(2)24(3)16-7-15(23-25(16)4)18(26)22-17-13-5-12-6-14(17)10-20(8-12,9-13)19(21)27/h7,11-14,17H,5-6,8-10H2,1-4H3,(H2,21,27)(H,22,26). The Labute approximate surface area is 160 Å². The van der Waals surface area contributed by atoms with E-state index in [9.17, 15) is 9.59 Å². The normalized spacial score (nSPS) is 34.1. The summed E-state index contributed by atoms with van der Waals surface area (Å²) in [5, 5.41) is 7.69. The SMILES string of the molecule is CC(C)N(C)c1cc(C(=O)NC2C3CC4CC2CC(C(N)=O)(C4)C3)nn1C. The molecule has 4 saturated carbocycles. The zero-order valence-corrected chi connectivity index (χ0v) is 16.7. The number of nitrogens with one attached hydrogen (secondary N) is 1. The van der Waals surface area contributed by atoms with Crippen LogP contribution in [0.4, 0.5) is 5.82 Å². The van der Waals surface area contributed by atoms with E-state index in [4.69, 9.17) is 5.73 Å². The van der Waals surface area contributed by atoms with Crippen molar-refractivity contribution in [2.75, 3.05) is 11.9 Å². The summed E-state index contributed by atoms with van der Waals surface area (Å²) in [6.45, 7) is 4.21. The molecule has 2 amide bonds. The van der Waals surface area contributed by atoms with Gasteiger partial charge in [-0.3, -0.25) is 14.3 Å². The van der Waals surface area contributed by atoms with Crippen LogP contribution < -0.4 is 16.0 Å². The number of nitrogens with zero attached hydrogens (tertiary/aromatic N) is 3. The summed E-state index contributed by atoms with van der Waals surface area (Å²) in [7, 11) is 3.87. The maximum absolute atomic E-state index is 12.9. The average Bonchev–Trinajstić information content (AvgIpc) is 2.98. The molecule has 2 atom stereocenters. The second-order valence-electron chi connectivity index (χ2n) is 9.33. The van der Waals surface area contributed by atoms with E-state index in [-0.39, 0.29) is 23.3 Å². The number of rotatable bonds is 5. The molecule has 0 aromatic carbocycles. The van der Waals surface area contributed by atoms with Crippen molar-refractivity contribution >= 4 is 17.6 Å². The third-order valence-electron chi connectivity index (χ3n) is 7.32. The molecular formula is C20H31N5O2. The molecule has 1 heterocycles. The first-order chi connectivity index (χ1) is 12.7. The molecule has 0 saturated heterocycles. The van der Waals surface area contributed by atoms with E-state index in [1.807, 2.05) is 20.2 Å². The summed E-state index contributed by atoms with van der Waals surface area (Å²) in [5.74, 6) is 1.97. The minimum absolute atomic E-state index is 0.111. The first-order valence-corrected chi connectivity index (χ1v) is 10.1. The van der Waals surface area contributed by atoms with Crippen molar-refractivity contribution in [2.24, 2.45) is 36.0 Å². The zero-order chi connectivity index (χ0) is 19.5. The van der Waals surface area contributed by atoms with E-state index in [2.05, 4.69) is 29.2 Å². The van der Waals surface area contributed by atoms with Crippen LogP contribution in [0.2, 0.25) is 0 Å². The van der Waals surface area contributed by atoms with Crippen molar-refractivity contribution in [1.82, 2.24) is 15.1 Å². The average molecular weight is 374 g/mol. The fraction of sp³-hybridized carbons (Fsp3) is 0.750. The highest BCUT2D eigenvalue weighted by molar-refractivity contribution is 5.93. The lowest BCUT2D eigenvalue weighted by molar-refractivity contribution is -0.145. The number of primary amides is 1. The van der Waals surface area contributed by atoms with Crippen LogP contribution in [0.1, 0.15) is 56.4 Å². The van der Waals surface area contributed by atoms with E-state index in [0.29, 0.717) is 29.5 Å². The lowest BCUT2D eigenvalue weighted by atomic mass is 9.47. The number of aryl methyl sites for hydroxylation is 1. The van der Waals surface area contributed by atoms with Crippen LogP contribution in [0.5, 0.6) is 0 Å². The number of carbonyl (C=O) groups is 2. The summed E-state index contributed by atoms with van der Waals surface area (Å²) >= 11 is 0. The molecule has 4 bridgehead atoms. The Hall–Kier alpha value is -2.05. The van der Waals surface area contributed by atoms with Gasteiger partial charge in [0, 0.05) is 37.7 Å². The van der Waals surface area contributed by atoms with Crippen LogP contribution in [-0.4, -0.2) is 40.7 Å². The Morgan fingerprint density at radius 3 is 2.48 bits per heavy atom. The van der Waals surface area contributed by atoms with E-state index in [1.54, 1.807) is 4.68 Å². The van der Waals surface area contributed by atoms with E-state index in [0.717, 1.165) is 37.9 Å². The quantitative estimate of drug-likeness (QED) is 0.821. The molecule has 7 nitrogen and oxygen atoms in total. The summed E-state index contributed by atoms with van der Waals surface area (Å²) in [6, 6.07) is 2.32. The highest BCUT2D eigenvalue weighted by atomic mass is 16.2. The van der Waals surface area contributed by atoms with Gasteiger partial charge in [0.2, 0.25) is 5.91 Å². The maximum atomic E-state index is 12.9. The molecule has 27 heavy (non-hydrogen) atoms. The van der Waals surface area contributed by atoms with Crippen LogP contribution in [0, 0.1) is 23.2 Å². The topological polar surface area (TPSA) is 93.2 Å². The number of hydrogen-bond acceptors (Lipinski definition) is 4. The van der Waals surface area contributed by atoms with Crippen molar-refractivity contribution in [3.8, 4) is 0 Å². The molecule has 4 aliphatic rings. The molecule has 4 fully saturated rings. The largest absolute Gasteiger partial charge is 0.369 e. The van der Waals surface area contributed by atoms with Gasteiger partial charge in [0.15, 0.2) is 5.69 Å². The predicted octanol–water partition coefficient (Wildman–Crippen LogP) is 1.67. The minimum atomic E-state index is -0.324. The Morgan fingerprint density at radius 2 is 1.93 bits per heavy atom. The zero-order valence-electron chi connectivity index (χ0n) is 16.7. The van der Waals surface area contributed by atoms with Crippen molar-refractivity contribution in [1.29, 1.82) is 0 Å². The molecule has 4 aliphatic carbocycles. The van der Waals surface area contributed by atoms with Crippen LogP contribution in [0.15, 0.2) is 6.07 Å². The van der Waals surface area contributed by atoms with Crippen molar-refractivity contribution < 1.29 is 9.59 Å². The van der Waals surface area contributed by atoms with Gasteiger partial charge in [-0.2, -0.15) is 5.10 Å². The number of amides is 2. The van der Waals surface area contributed by atoms with Crippen LogP contribution in [0.25, 0.3) is 0 Å². The molecule has 1 aromatic heterocycles. The summed E-state index contributed by atoms with van der Waals surface area (Å²) in [4.78, 5) is 27.1. The smallest absolute Gasteiger partial charge is 0.272 e. The summed E-state index contributed by atoms with van der Waals surface area (Å²) in [5.41, 5.74) is 5.89. The van der Waals surface area contributed by atoms with Gasteiger partial charge < -0.3 is 16.0 Å². The monoisotopic (exact) mass is 373 g/mol. The summed E-state index contributed by atoms with van der Waals surface area (Å²) in [6.07, 6.45) is 4.79. The van der Waals surface area contributed by atoms with Crippen molar-refractivity contribution in [3.05, 3.63) is 11.8 Å². The molecule has 0 aliphatic heterocycles. The third-order valence-corrected chi connectivity index (χ3v) is 7.32. The van der Waals surface area contributed by atoms with Crippen LogP contribution >= 0.6 is 0 Å². The number of aromatic nitrogens is 2. The Bertz CT molecular complexity index is 754. The lowest BCUT2D eigenvalue weighted by Crippen LogP contribution is -2.62. The predicted molar refractivity (Wildman–Crippen MR) is 103 cm³/mol. The fourth-order valence-corrected chi connectivity index (χ4v) is 5.95. The molecule has 0 radical (unpaired) electrons. The lowest BCUT2D eigenvalue weighted by Gasteiger charge is -2.58. The second kappa shape index (κ2) is 6.24. The van der Waals surface area contributed by atoms with Gasteiger partial charge in [0.25, 0.3) is 5.91 Å². The fourth-order valence-electron chi connectivity index (χ4n) is 5.95. The number of carbonyl (C=O) groups excluding carboxylic acids is 2. The van der Waals surface area contributed by atoms with Gasteiger partial charge in [-0.05, 0) is 63.7 Å². The molecular weight excluding hydrogens is 342 g/mol. The van der Waals surface area contributed by atoms with E-state index in [1.165, 1.54) is 0 Å². The van der Waals surface area contributed by atoms with Crippen LogP contribution in [0.3, 0.4) is 0 Å². The van der Waals surface area contributed by atoms with E-state index >= 15 is 0 Å². The number of anilines is 1. The van der Waals surface area contributed by atoms with Gasteiger partial charge in [-0.15, -0.1) is 0 Å².